The van der Waals surface area contributed by atoms with Gasteiger partial charge in [0.1, 0.15) is 0 Å². The number of methoxy groups -OCH3 is 2. The van der Waals surface area contributed by atoms with Crippen molar-refractivity contribution in [3.05, 3.63) is 22.2 Å². The maximum Gasteiger partial charge on any atom is 0.175 e. The highest BCUT2D eigenvalue weighted by Crippen LogP contribution is 2.36. The number of ether oxygens (including phenoxy) is 3. The van der Waals surface area contributed by atoms with Gasteiger partial charge in [0.05, 0.1) is 24.8 Å². The molecular formula is C16H22BrNO3. The molecule has 0 aromatic heterocycles. The molecule has 0 saturated carbocycles. The number of rotatable bonds is 9. The third-order valence-electron chi connectivity index (χ3n) is 2.75. The van der Waals surface area contributed by atoms with Crippen molar-refractivity contribution in [2.24, 2.45) is 0 Å². The Kier molecular flexibility index (Phi) is 8.91. The quantitative estimate of drug-likeness (QED) is 0.546. The van der Waals surface area contributed by atoms with Gasteiger partial charge in [0.2, 0.25) is 0 Å². The molecule has 0 unspecified atom stereocenters. The first-order chi connectivity index (χ1) is 10.2. The average molecular weight is 356 g/mol. The van der Waals surface area contributed by atoms with Crippen molar-refractivity contribution in [2.45, 2.75) is 19.9 Å². The lowest BCUT2D eigenvalue weighted by Crippen LogP contribution is -2.18. The van der Waals surface area contributed by atoms with E-state index in [1.165, 1.54) is 0 Å². The molecule has 4 nitrogen and oxygen atoms in total. The molecule has 0 aliphatic rings. The highest BCUT2D eigenvalue weighted by Gasteiger charge is 2.11. The van der Waals surface area contributed by atoms with Crippen LogP contribution >= 0.6 is 15.9 Å². The summed E-state index contributed by atoms with van der Waals surface area (Å²) in [7, 11) is 3.33. The van der Waals surface area contributed by atoms with E-state index in [1.54, 1.807) is 14.2 Å². The molecule has 0 saturated heterocycles. The summed E-state index contributed by atoms with van der Waals surface area (Å²) in [6.45, 7) is 4.62. The molecule has 0 heterocycles. The molecule has 1 aromatic rings. The van der Waals surface area contributed by atoms with Crippen LogP contribution in [0.1, 0.15) is 18.9 Å². The lowest BCUT2D eigenvalue weighted by molar-refractivity contribution is 0.199. The third-order valence-corrected chi connectivity index (χ3v) is 3.34. The molecule has 0 atom stereocenters. The Morgan fingerprint density at radius 2 is 2.05 bits per heavy atom. The first-order valence-corrected chi connectivity index (χ1v) is 7.60. The molecule has 0 aliphatic carbocycles. The van der Waals surface area contributed by atoms with Crippen molar-refractivity contribution < 1.29 is 14.2 Å². The van der Waals surface area contributed by atoms with Crippen LogP contribution in [0.15, 0.2) is 16.6 Å². The molecule has 21 heavy (non-hydrogen) atoms. The van der Waals surface area contributed by atoms with Crippen molar-refractivity contribution in [1.29, 1.82) is 0 Å². The van der Waals surface area contributed by atoms with Gasteiger partial charge in [-0.25, -0.2) is 0 Å². The van der Waals surface area contributed by atoms with Crippen LogP contribution < -0.4 is 14.8 Å². The first-order valence-electron chi connectivity index (χ1n) is 6.81. The summed E-state index contributed by atoms with van der Waals surface area (Å²) in [5, 5.41) is 3.30. The fourth-order valence-corrected chi connectivity index (χ4v) is 2.36. The third kappa shape index (κ3) is 6.38. The van der Waals surface area contributed by atoms with Crippen molar-refractivity contribution in [1.82, 2.24) is 5.32 Å². The Morgan fingerprint density at radius 1 is 1.24 bits per heavy atom. The molecule has 0 aliphatic heterocycles. The summed E-state index contributed by atoms with van der Waals surface area (Å²) in [5.74, 6) is 7.26. The molecule has 116 valence electrons. The van der Waals surface area contributed by atoms with Gasteiger partial charge in [-0.2, -0.15) is 0 Å². The van der Waals surface area contributed by atoms with Crippen LogP contribution in [0.3, 0.4) is 0 Å². The zero-order valence-corrected chi connectivity index (χ0v) is 14.4. The molecule has 0 spiro atoms. The Bertz CT molecular complexity index is 494. The summed E-state index contributed by atoms with van der Waals surface area (Å²) in [5.41, 5.74) is 1.12. The van der Waals surface area contributed by atoms with Gasteiger partial charge in [-0.05, 0) is 40.5 Å². The van der Waals surface area contributed by atoms with Crippen LogP contribution in [0.4, 0.5) is 0 Å². The Morgan fingerprint density at radius 3 is 2.71 bits per heavy atom. The van der Waals surface area contributed by atoms with E-state index in [9.17, 15) is 0 Å². The highest BCUT2D eigenvalue weighted by atomic mass is 79.9. The van der Waals surface area contributed by atoms with Gasteiger partial charge in [0.15, 0.2) is 11.5 Å². The second kappa shape index (κ2) is 10.5. The molecule has 1 aromatic carbocycles. The van der Waals surface area contributed by atoms with Gasteiger partial charge in [0.25, 0.3) is 0 Å². The Hall–Kier alpha value is -1.22. The second-order valence-electron chi connectivity index (χ2n) is 4.30. The monoisotopic (exact) mass is 355 g/mol. The van der Waals surface area contributed by atoms with Crippen LogP contribution in [0.5, 0.6) is 11.5 Å². The molecule has 0 fully saturated rings. The van der Waals surface area contributed by atoms with E-state index in [-0.39, 0.29) is 0 Å². The molecule has 1 rings (SSSR count). The van der Waals surface area contributed by atoms with Crippen LogP contribution in [-0.4, -0.2) is 34.0 Å². The Balaban J connectivity index is 2.69. The minimum atomic E-state index is 0.543. The van der Waals surface area contributed by atoms with Gasteiger partial charge in [-0.3, -0.25) is 0 Å². The number of hydrogen-bond acceptors (Lipinski definition) is 4. The Labute approximate surface area is 135 Å². The standard InChI is InChI=1S/C16H22BrNO3/c1-4-5-6-8-21-16-14(17)10-13(11-15(16)20-3)12-18-7-9-19-2/h10-11,18H,6-9,12H2,1-3H3. The van der Waals surface area contributed by atoms with Gasteiger partial charge in [0, 0.05) is 26.6 Å². The minimum absolute atomic E-state index is 0.543. The normalized spacial score (nSPS) is 9.90. The molecule has 0 amide bonds. The maximum absolute atomic E-state index is 5.74. The average Bonchev–Trinajstić information content (AvgIpc) is 2.49. The van der Waals surface area contributed by atoms with E-state index in [0.29, 0.717) is 19.6 Å². The van der Waals surface area contributed by atoms with Crippen molar-refractivity contribution in [3.8, 4) is 23.3 Å². The maximum atomic E-state index is 5.74. The topological polar surface area (TPSA) is 39.7 Å². The largest absolute Gasteiger partial charge is 0.493 e. The lowest BCUT2D eigenvalue weighted by Gasteiger charge is -2.14. The van der Waals surface area contributed by atoms with E-state index >= 15 is 0 Å². The molecule has 5 heteroatoms. The van der Waals surface area contributed by atoms with Crippen LogP contribution in [0.25, 0.3) is 0 Å². The SMILES string of the molecule is CC#CCCOc1c(Br)cc(CNCCOC)cc1OC. The molecule has 0 bridgehead atoms. The van der Waals surface area contributed by atoms with E-state index in [1.807, 2.05) is 19.1 Å². The summed E-state index contributed by atoms with van der Waals surface area (Å²) < 4.78 is 17.0. The van der Waals surface area contributed by atoms with Crippen molar-refractivity contribution in [2.75, 3.05) is 34.0 Å². The molecular weight excluding hydrogens is 334 g/mol. The lowest BCUT2D eigenvalue weighted by atomic mass is 10.2. The summed E-state index contributed by atoms with van der Waals surface area (Å²) >= 11 is 3.54. The number of hydrogen-bond donors (Lipinski definition) is 1. The van der Waals surface area contributed by atoms with Gasteiger partial charge in [-0.1, -0.05) is 0 Å². The highest BCUT2D eigenvalue weighted by molar-refractivity contribution is 9.10. The van der Waals surface area contributed by atoms with Gasteiger partial charge >= 0.3 is 0 Å². The smallest absolute Gasteiger partial charge is 0.175 e. The van der Waals surface area contributed by atoms with Crippen LogP contribution in [0, 0.1) is 11.8 Å². The van der Waals surface area contributed by atoms with Crippen LogP contribution in [-0.2, 0) is 11.3 Å². The predicted octanol–water partition coefficient (Wildman–Crippen LogP) is 2.99. The fourth-order valence-electron chi connectivity index (χ4n) is 1.75. The van der Waals surface area contributed by atoms with E-state index in [4.69, 9.17) is 14.2 Å². The first kappa shape index (κ1) is 17.8. The summed E-state index contributed by atoms with van der Waals surface area (Å²) in [6.07, 6.45) is 0.701. The molecule has 0 radical (unpaired) electrons. The van der Waals surface area contributed by atoms with E-state index in [0.717, 1.165) is 34.6 Å². The predicted molar refractivity (Wildman–Crippen MR) is 87.8 cm³/mol. The number of benzene rings is 1. The van der Waals surface area contributed by atoms with Crippen molar-refractivity contribution in [3.63, 3.8) is 0 Å². The number of halogens is 1. The summed E-state index contributed by atoms with van der Waals surface area (Å²) in [6, 6.07) is 4.01. The van der Waals surface area contributed by atoms with Gasteiger partial charge in [-0.15, -0.1) is 11.8 Å². The second-order valence-corrected chi connectivity index (χ2v) is 5.16. The zero-order chi connectivity index (χ0) is 15.5. The fraction of sp³-hybridized carbons (Fsp3) is 0.500. The zero-order valence-electron chi connectivity index (χ0n) is 12.8. The number of nitrogens with one attached hydrogen (secondary N) is 1. The molecule has 1 N–H and O–H groups in total. The van der Waals surface area contributed by atoms with E-state index in [2.05, 4.69) is 33.1 Å². The van der Waals surface area contributed by atoms with Gasteiger partial charge < -0.3 is 19.5 Å². The van der Waals surface area contributed by atoms with E-state index < -0.39 is 0 Å². The minimum Gasteiger partial charge on any atom is -0.493 e. The van der Waals surface area contributed by atoms with Crippen molar-refractivity contribution >= 4 is 15.9 Å². The summed E-state index contributed by atoms with van der Waals surface area (Å²) in [4.78, 5) is 0. The van der Waals surface area contributed by atoms with Crippen LogP contribution in [0.2, 0.25) is 0 Å².